The molecule has 5 heterocycles. The summed E-state index contributed by atoms with van der Waals surface area (Å²) in [5, 5.41) is 1.08. The molecule has 0 atom stereocenters. The smallest absolute Gasteiger partial charge is 0.130 e. The number of thioether (sulfide) groups is 1. The van der Waals surface area contributed by atoms with Crippen LogP contribution in [0.15, 0.2) is 52.8 Å². The van der Waals surface area contributed by atoms with Crippen LogP contribution in [0.3, 0.4) is 0 Å². The quantitative estimate of drug-likeness (QED) is 0.619. The second kappa shape index (κ2) is 7.93. The van der Waals surface area contributed by atoms with Gasteiger partial charge in [-0.1, -0.05) is 0 Å². The SMILES string of the molecule is CSc1cncc(-c2cc(N3CCOCC3)nc3c(C4=CC=NC4)nccc23)c1. The molecule has 1 fully saturated rings. The van der Waals surface area contributed by atoms with Crippen molar-refractivity contribution in [1.82, 2.24) is 15.0 Å². The van der Waals surface area contributed by atoms with Crippen molar-refractivity contribution in [1.29, 1.82) is 0 Å². The number of aromatic nitrogens is 3. The average Bonchev–Trinajstić information content (AvgIpc) is 3.33. The lowest BCUT2D eigenvalue weighted by Gasteiger charge is -2.28. The van der Waals surface area contributed by atoms with Gasteiger partial charge in [-0.2, -0.15) is 0 Å². The van der Waals surface area contributed by atoms with Gasteiger partial charge < -0.3 is 9.64 Å². The summed E-state index contributed by atoms with van der Waals surface area (Å²) < 4.78 is 5.54. The third-order valence-corrected chi connectivity index (χ3v) is 5.95. The first kappa shape index (κ1) is 18.3. The molecule has 0 N–H and O–H groups in total. The molecular weight excluding hydrogens is 382 g/mol. The highest BCUT2D eigenvalue weighted by atomic mass is 32.2. The van der Waals surface area contributed by atoms with Crippen molar-refractivity contribution in [2.45, 2.75) is 4.90 Å². The highest BCUT2D eigenvalue weighted by Crippen LogP contribution is 2.35. The maximum atomic E-state index is 5.54. The minimum Gasteiger partial charge on any atom is -0.378 e. The molecular formula is C22H21N5OS. The van der Waals surface area contributed by atoms with Crippen molar-refractivity contribution in [3.63, 3.8) is 0 Å². The van der Waals surface area contributed by atoms with Crippen molar-refractivity contribution in [2.24, 2.45) is 4.99 Å². The molecule has 7 heteroatoms. The number of pyridine rings is 3. The summed E-state index contributed by atoms with van der Waals surface area (Å²) >= 11 is 1.70. The van der Waals surface area contributed by atoms with Crippen LogP contribution in [0.5, 0.6) is 0 Å². The van der Waals surface area contributed by atoms with Crippen molar-refractivity contribution in [2.75, 3.05) is 44.0 Å². The summed E-state index contributed by atoms with van der Waals surface area (Å²) in [6.45, 7) is 3.76. The predicted octanol–water partition coefficient (Wildman–Crippen LogP) is 3.72. The Kier molecular flexibility index (Phi) is 4.99. The number of ether oxygens (including phenoxy) is 1. The normalized spacial score (nSPS) is 16.4. The monoisotopic (exact) mass is 403 g/mol. The number of hydrogen-bond donors (Lipinski definition) is 0. The lowest BCUT2D eigenvalue weighted by atomic mass is 10.0. The van der Waals surface area contributed by atoms with Crippen molar-refractivity contribution in [3.8, 4) is 11.1 Å². The van der Waals surface area contributed by atoms with Crippen molar-refractivity contribution in [3.05, 3.63) is 48.6 Å². The van der Waals surface area contributed by atoms with Crippen LogP contribution in [0.2, 0.25) is 0 Å². The summed E-state index contributed by atoms with van der Waals surface area (Å²) in [4.78, 5) is 22.0. The third-order valence-electron chi connectivity index (χ3n) is 5.26. The fraction of sp³-hybridized carbons (Fsp3) is 0.273. The highest BCUT2D eigenvalue weighted by molar-refractivity contribution is 7.98. The molecule has 2 aliphatic rings. The number of allylic oxidation sites excluding steroid dienone is 1. The van der Waals surface area contributed by atoms with E-state index in [2.05, 4.69) is 38.2 Å². The second-order valence-electron chi connectivity index (χ2n) is 6.98. The van der Waals surface area contributed by atoms with Crippen LogP contribution in [0.25, 0.3) is 27.6 Å². The van der Waals surface area contributed by atoms with Crippen LogP contribution in [0.1, 0.15) is 5.69 Å². The Bertz CT molecular complexity index is 1120. The summed E-state index contributed by atoms with van der Waals surface area (Å²) in [6.07, 6.45) is 11.6. The Balaban J connectivity index is 1.74. The zero-order valence-electron chi connectivity index (χ0n) is 16.2. The molecule has 6 nitrogen and oxygen atoms in total. The predicted molar refractivity (Wildman–Crippen MR) is 119 cm³/mol. The van der Waals surface area contributed by atoms with Crippen LogP contribution in [-0.2, 0) is 4.74 Å². The molecule has 2 aliphatic heterocycles. The molecule has 0 aliphatic carbocycles. The summed E-state index contributed by atoms with van der Waals surface area (Å²) in [7, 11) is 0. The average molecular weight is 404 g/mol. The van der Waals surface area contributed by atoms with Gasteiger partial charge in [-0.3, -0.25) is 15.0 Å². The van der Waals surface area contributed by atoms with E-state index >= 15 is 0 Å². The van der Waals surface area contributed by atoms with Gasteiger partial charge in [0.25, 0.3) is 0 Å². The summed E-state index contributed by atoms with van der Waals surface area (Å²) in [6, 6.07) is 6.41. The van der Waals surface area contributed by atoms with Crippen LogP contribution < -0.4 is 4.90 Å². The number of anilines is 1. The molecule has 0 bridgehead atoms. The van der Waals surface area contributed by atoms with Crippen LogP contribution in [0, 0.1) is 0 Å². The van der Waals surface area contributed by atoms with E-state index < -0.39 is 0 Å². The number of rotatable bonds is 4. The van der Waals surface area contributed by atoms with Gasteiger partial charge in [0.2, 0.25) is 0 Å². The summed E-state index contributed by atoms with van der Waals surface area (Å²) in [5.74, 6) is 0.958. The first-order valence-corrected chi connectivity index (χ1v) is 10.9. The first-order chi connectivity index (χ1) is 14.3. The van der Waals surface area contributed by atoms with E-state index in [1.165, 1.54) is 0 Å². The van der Waals surface area contributed by atoms with Crippen LogP contribution in [0.4, 0.5) is 5.82 Å². The van der Waals surface area contributed by atoms with Gasteiger partial charge in [0, 0.05) is 59.3 Å². The van der Waals surface area contributed by atoms with Gasteiger partial charge in [0.05, 0.1) is 31.0 Å². The van der Waals surface area contributed by atoms with Gasteiger partial charge in [0.15, 0.2) is 0 Å². The molecule has 146 valence electrons. The molecule has 3 aromatic heterocycles. The molecule has 0 amide bonds. The largest absolute Gasteiger partial charge is 0.378 e. The van der Waals surface area contributed by atoms with Gasteiger partial charge in [0.1, 0.15) is 5.82 Å². The molecule has 29 heavy (non-hydrogen) atoms. The Morgan fingerprint density at radius 1 is 1.14 bits per heavy atom. The molecule has 0 saturated carbocycles. The Hall–Kier alpha value is -2.77. The number of fused-ring (bicyclic) bond motifs is 1. The summed E-state index contributed by atoms with van der Waals surface area (Å²) in [5.41, 5.74) is 5.14. The van der Waals surface area contributed by atoms with Crippen LogP contribution in [-0.4, -0.2) is 60.3 Å². The topological polar surface area (TPSA) is 63.5 Å². The maximum Gasteiger partial charge on any atom is 0.130 e. The van der Waals surface area contributed by atoms with Crippen molar-refractivity contribution < 1.29 is 4.74 Å². The second-order valence-corrected chi connectivity index (χ2v) is 7.86. The first-order valence-electron chi connectivity index (χ1n) is 9.65. The standard InChI is InChI=1S/C22H21N5OS/c1-29-17-10-16(13-24-14-17)19-11-20(27-6-8-28-9-7-27)26-22-18(19)3-5-25-21(22)15-2-4-23-12-15/h2-5,10-11,13-14H,6-9,12H2,1H3. The highest BCUT2D eigenvalue weighted by Gasteiger charge is 2.19. The van der Waals surface area contributed by atoms with Crippen molar-refractivity contribution >= 4 is 40.3 Å². The minimum absolute atomic E-state index is 0.647. The van der Waals surface area contributed by atoms with Gasteiger partial charge in [-0.25, -0.2) is 4.98 Å². The number of morpholine rings is 1. The van der Waals surface area contributed by atoms with E-state index in [-0.39, 0.29) is 0 Å². The Morgan fingerprint density at radius 3 is 2.83 bits per heavy atom. The Labute approximate surface area is 173 Å². The zero-order chi connectivity index (χ0) is 19.6. The zero-order valence-corrected chi connectivity index (χ0v) is 17.0. The molecule has 0 unspecified atom stereocenters. The number of aliphatic imine (C=N–C) groups is 1. The van der Waals surface area contributed by atoms with E-state index in [4.69, 9.17) is 9.72 Å². The van der Waals surface area contributed by atoms with Gasteiger partial charge in [-0.05, 0) is 36.1 Å². The molecule has 3 aromatic rings. The van der Waals surface area contributed by atoms with E-state index in [0.29, 0.717) is 6.54 Å². The number of nitrogens with zero attached hydrogens (tertiary/aromatic N) is 5. The van der Waals surface area contributed by atoms with E-state index in [1.807, 2.05) is 36.9 Å². The fourth-order valence-corrected chi connectivity index (χ4v) is 4.16. The van der Waals surface area contributed by atoms with Gasteiger partial charge in [-0.15, -0.1) is 11.8 Å². The lowest BCUT2D eigenvalue weighted by molar-refractivity contribution is 0.122. The Morgan fingerprint density at radius 2 is 2.03 bits per heavy atom. The molecule has 0 radical (unpaired) electrons. The van der Waals surface area contributed by atoms with Gasteiger partial charge >= 0.3 is 0 Å². The van der Waals surface area contributed by atoms with Crippen LogP contribution >= 0.6 is 11.8 Å². The maximum absolute atomic E-state index is 5.54. The van der Waals surface area contributed by atoms with E-state index in [0.717, 1.165) is 70.3 Å². The van der Waals surface area contributed by atoms with E-state index in [9.17, 15) is 0 Å². The molecule has 0 aromatic carbocycles. The molecule has 5 rings (SSSR count). The number of hydrogen-bond acceptors (Lipinski definition) is 7. The minimum atomic E-state index is 0.647. The molecule has 1 saturated heterocycles. The third kappa shape index (κ3) is 3.52. The lowest BCUT2D eigenvalue weighted by Crippen LogP contribution is -2.36. The van der Waals surface area contributed by atoms with E-state index in [1.54, 1.807) is 11.8 Å². The fourth-order valence-electron chi connectivity index (χ4n) is 3.74. The molecule has 0 spiro atoms.